The van der Waals surface area contributed by atoms with E-state index in [9.17, 15) is 19.8 Å². The number of hydrogen-bond acceptors (Lipinski definition) is 4. The summed E-state index contributed by atoms with van der Waals surface area (Å²) in [5, 5.41) is 21.8. The molecule has 1 rings (SSSR count). The molecule has 0 aromatic rings. The van der Waals surface area contributed by atoms with Gasteiger partial charge in [0.25, 0.3) is 0 Å². The van der Waals surface area contributed by atoms with Crippen molar-refractivity contribution in [1.82, 2.24) is 0 Å². The first-order valence-corrected chi connectivity index (χ1v) is 4.66. The van der Waals surface area contributed by atoms with Gasteiger partial charge in [0.05, 0.1) is 0 Å². The molecule has 0 saturated heterocycles. The van der Waals surface area contributed by atoms with Gasteiger partial charge in [0.1, 0.15) is 0 Å². The second-order valence-electron chi connectivity index (χ2n) is 4.75. The molecule has 80 valence electrons. The van der Waals surface area contributed by atoms with Gasteiger partial charge in [-0.05, 0) is 18.3 Å². The standard InChI is InChI=1S/C10H16O4.2K/c1-9(2)6(7(11)12)4-5-10(9,3)8(13)14;;/h6H,4-5H2,1-3H3,(H,11,12)(H,13,14);;/q;2*+1/p-2/t6-,10+;;/m1../s1. The van der Waals surface area contributed by atoms with Crippen LogP contribution in [0.25, 0.3) is 0 Å². The smallest absolute Gasteiger partial charge is 0.550 e. The zero-order chi connectivity index (χ0) is 11.1. The maximum Gasteiger partial charge on any atom is 1.00 e. The second kappa shape index (κ2) is 7.12. The van der Waals surface area contributed by atoms with Crippen molar-refractivity contribution in [3.05, 3.63) is 0 Å². The van der Waals surface area contributed by atoms with Crippen LogP contribution in [0, 0.1) is 16.7 Å². The zero-order valence-electron chi connectivity index (χ0n) is 10.6. The molecule has 0 spiro atoms. The topological polar surface area (TPSA) is 80.3 Å². The first kappa shape index (κ1) is 20.5. The summed E-state index contributed by atoms with van der Waals surface area (Å²) in [4.78, 5) is 21.8. The van der Waals surface area contributed by atoms with Crippen molar-refractivity contribution in [2.45, 2.75) is 33.6 Å². The minimum Gasteiger partial charge on any atom is -0.550 e. The van der Waals surface area contributed by atoms with Crippen LogP contribution in [0.5, 0.6) is 0 Å². The average Bonchev–Trinajstić information content (AvgIpc) is 2.24. The number of carbonyl (C=O) groups is 2. The zero-order valence-corrected chi connectivity index (χ0v) is 16.9. The van der Waals surface area contributed by atoms with E-state index in [1.807, 2.05) is 0 Å². The summed E-state index contributed by atoms with van der Waals surface area (Å²) >= 11 is 0. The third kappa shape index (κ3) is 3.40. The number of carboxylic acids is 2. The Labute approximate surface area is 181 Å². The maximum absolute atomic E-state index is 11.0. The summed E-state index contributed by atoms with van der Waals surface area (Å²) in [5.74, 6) is -3.04. The van der Waals surface area contributed by atoms with E-state index in [1.165, 1.54) is 0 Å². The number of hydrogen-bond donors (Lipinski definition) is 0. The largest absolute Gasteiger partial charge is 1.00 e. The Hall–Kier alpha value is 2.21. The normalized spacial score (nSPS) is 31.1. The van der Waals surface area contributed by atoms with Crippen LogP contribution in [0.1, 0.15) is 33.6 Å². The second-order valence-corrected chi connectivity index (χ2v) is 4.75. The molecule has 0 bridgehead atoms. The molecule has 0 aliphatic heterocycles. The van der Waals surface area contributed by atoms with Crippen LogP contribution >= 0.6 is 0 Å². The molecule has 1 aliphatic rings. The predicted octanol–water partition coefficient (Wildman–Crippen LogP) is -7.06. The van der Waals surface area contributed by atoms with Crippen molar-refractivity contribution < 1.29 is 123 Å². The molecule has 0 N–H and O–H groups in total. The molecule has 0 heterocycles. The van der Waals surface area contributed by atoms with E-state index < -0.39 is 28.7 Å². The molecule has 0 amide bonds. The van der Waals surface area contributed by atoms with Crippen LogP contribution in [-0.4, -0.2) is 11.9 Å². The Bertz CT molecular complexity index is 291. The van der Waals surface area contributed by atoms with Gasteiger partial charge in [-0.3, -0.25) is 0 Å². The molecular weight excluding hydrogens is 262 g/mol. The summed E-state index contributed by atoms with van der Waals surface area (Å²) in [5.41, 5.74) is -1.89. The Morgan fingerprint density at radius 2 is 1.56 bits per heavy atom. The maximum atomic E-state index is 11.0. The van der Waals surface area contributed by atoms with Crippen molar-refractivity contribution in [1.29, 1.82) is 0 Å². The van der Waals surface area contributed by atoms with Crippen molar-refractivity contribution in [2.75, 3.05) is 0 Å². The number of rotatable bonds is 2. The molecule has 6 heteroatoms. The van der Waals surface area contributed by atoms with Gasteiger partial charge in [0.2, 0.25) is 0 Å². The van der Waals surface area contributed by atoms with Gasteiger partial charge in [-0.25, -0.2) is 0 Å². The van der Waals surface area contributed by atoms with Gasteiger partial charge in [0.15, 0.2) is 0 Å². The third-order valence-electron chi connectivity index (χ3n) is 3.96. The molecule has 16 heavy (non-hydrogen) atoms. The minimum absolute atomic E-state index is 0. The van der Waals surface area contributed by atoms with E-state index in [-0.39, 0.29) is 103 Å². The van der Waals surface area contributed by atoms with Crippen molar-refractivity contribution >= 4 is 11.9 Å². The Morgan fingerprint density at radius 3 is 1.75 bits per heavy atom. The van der Waals surface area contributed by atoms with Crippen LogP contribution in [0.4, 0.5) is 0 Å². The average molecular weight is 276 g/mol. The first-order valence-electron chi connectivity index (χ1n) is 4.66. The van der Waals surface area contributed by atoms with E-state index >= 15 is 0 Å². The molecular formula is C10H14K2O4. The van der Waals surface area contributed by atoms with Gasteiger partial charge in [-0.1, -0.05) is 20.8 Å². The number of aliphatic carboxylic acids is 2. The van der Waals surface area contributed by atoms with Crippen LogP contribution in [-0.2, 0) is 9.59 Å². The molecule has 0 aromatic carbocycles. The van der Waals surface area contributed by atoms with E-state index in [4.69, 9.17) is 0 Å². The van der Waals surface area contributed by atoms with Gasteiger partial charge >= 0.3 is 103 Å². The fourth-order valence-electron chi connectivity index (χ4n) is 2.28. The summed E-state index contributed by atoms with van der Waals surface area (Å²) in [7, 11) is 0. The summed E-state index contributed by atoms with van der Waals surface area (Å²) < 4.78 is 0. The third-order valence-corrected chi connectivity index (χ3v) is 3.96. The van der Waals surface area contributed by atoms with E-state index in [0.29, 0.717) is 12.8 Å². The molecule has 2 atom stereocenters. The van der Waals surface area contributed by atoms with Crippen LogP contribution in [0.15, 0.2) is 0 Å². The van der Waals surface area contributed by atoms with E-state index in [2.05, 4.69) is 0 Å². The first-order chi connectivity index (χ1) is 6.23. The van der Waals surface area contributed by atoms with Crippen LogP contribution in [0.3, 0.4) is 0 Å². The monoisotopic (exact) mass is 276 g/mol. The number of carbonyl (C=O) groups excluding carboxylic acids is 2. The Balaban J connectivity index is 0. The molecule has 0 unspecified atom stereocenters. The summed E-state index contributed by atoms with van der Waals surface area (Å²) in [6.45, 7) is 4.85. The van der Waals surface area contributed by atoms with Crippen LogP contribution in [0.2, 0.25) is 0 Å². The molecule has 1 aliphatic carbocycles. The van der Waals surface area contributed by atoms with Crippen LogP contribution < -0.4 is 113 Å². The van der Waals surface area contributed by atoms with E-state index in [1.54, 1.807) is 20.8 Å². The van der Waals surface area contributed by atoms with Gasteiger partial charge in [-0.15, -0.1) is 0 Å². The molecule has 1 fully saturated rings. The number of carboxylic acid groups (broad SMARTS) is 2. The van der Waals surface area contributed by atoms with Crippen molar-refractivity contribution in [2.24, 2.45) is 16.7 Å². The molecule has 0 radical (unpaired) electrons. The predicted molar refractivity (Wildman–Crippen MR) is 44.6 cm³/mol. The molecule has 0 aromatic heterocycles. The Kier molecular flexibility index (Phi) is 9.13. The van der Waals surface area contributed by atoms with Gasteiger partial charge in [-0.2, -0.15) is 0 Å². The van der Waals surface area contributed by atoms with Crippen molar-refractivity contribution in [3.8, 4) is 0 Å². The Morgan fingerprint density at radius 1 is 1.12 bits per heavy atom. The molecule has 4 nitrogen and oxygen atoms in total. The fourth-order valence-corrected chi connectivity index (χ4v) is 2.28. The fraction of sp³-hybridized carbons (Fsp3) is 0.800. The van der Waals surface area contributed by atoms with Crippen molar-refractivity contribution in [3.63, 3.8) is 0 Å². The summed E-state index contributed by atoms with van der Waals surface area (Å²) in [6.07, 6.45) is 0.681. The minimum atomic E-state index is -1.17. The quantitative estimate of drug-likeness (QED) is 0.470. The van der Waals surface area contributed by atoms with Gasteiger partial charge in [0, 0.05) is 23.3 Å². The SMILES string of the molecule is CC1(C)[C@@H](C(=O)[O-])CC[C@@]1(C)C(=O)[O-].[K+].[K+]. The van der Waals surface area contributed by atoms with Gasteiger partial charge < -0.3 is 19.8 Å². The van der Waals surface area contributed by atoms with E-state index in [0.717, 1.165) is 0 Å². The summed E-state index contributed by atoms with van der Waals surface area (Å²) in [6, 6.07) is 0. The molecule has 1 saturated carbocycles.